The molecule has 2 aliphatic heterocycles. The predicted octanol–water partition coefficient (Wildman–Crippen LogP) is 0.602. The predicted molar refractivity (Wildman–Crippen MR) is 45.8 cm³/mol. The fraction of sp³-hybridized carbons (Fsp3) is 1.00. The van der Waals surface area contributed by atoms with Crippen LogP contribution in [0, 0.1) is 5.41 Å². The smallest absolute Gasteiger partial charge is 0.150 e. The van der Waals surface area contributed by atoms with Crippen molar-refractivity contribution in [2.24, 2.45) is 5.41 Å². The largest absolute Gasteiger partial charge is 0.381 e. The third kappa shape index (κ3) is 1.50. The van der Waals surface area contributed by atoms with Crippen molar-refractivity contribution in [3.8, 4) is 0 Å². The Morgan fingerprint density at radius 3 is 2.67 bits per heavy atom. The molecule has 2 saturated heterocycles. The lowest BCUT2D eigenvalue weighted by Crippen LogP contribution is -2.36. The highest BCUT2D eigenvalue weighted by Gasteiger charge is 2.41. The summed E-state index contributed by atoms with van der Waals surface area (Å²) in [6.45, 7) is 1.40. The van der Waals surface area contributed by atoms with Gasteiger partial charge in [0.1, 0.15) is 0 Å². The van der Waals surface area contributed by atoms with Crippen LogP contribution in [0.5, 0.6) is 0 Å². The highest BCUT2D eigenvalue weighted by atomic mass is 32.2. The third-order valence-electron chi connectivity index (χ3n) is 2.87. The maximum atomic E-state index is 11.4. The number of hydrogen-bond donors (Lipinski definition) is 0. The van der Waals surface area contributed by atoms with Gasteiger partial charge in [-0.25, -0.2) is 8.42 Å². The molecule has 0 aromatic heterocycles. The van der Waals surface area contributed by atoms with Crippen LogP contribution in [0.25, 0.3) is 0 Å². The number of hydrogen-bond acceptors (Lipinski definition) is 3. The van der Waals surface area contributed by atoms with E-state index in [0.29, 0.717) is 18.1 Å². The van der Waals surface area contributed by atoms with Crippen LogP contribution in [0.15, 0.2) is 0 Å². The van der Waals surface area contributed by atoms with E-state index in [2.05, 4.69) is 0 Å². The van der Waals surface area contributed by atoms with Gasteiger partial charge in [-0.2, -0.15) is 0 Å². The summed E-state index contributed by atoms with van der Waals surface area (Å²) in [4.78, 5) is 0. The second-order valence-electron chi connectivity index (χ2n) is 4.00. The fourth-order valence-corrected chi connectivity index (χ4v) is 4.27. The summed E-state index contributed by atoms with van der Waals surface area (Å²) >= 11 is 0. The van der Waals surface area contributed by atoms with Gasteiger partial charge in [0, 0.05) is 12.0 Å². The molecule has 3 nitrogen and oxygen atoms in total. The molecule has 1 unspecified atom stereocenters. The van der Waals surface area contributed by atoms with Crippen molar-refractivity contribution in [2.45, 2.75) is 19.3 Å². The molecule has 0 saturated carbocycles. The van der Waals surface area contributed by atoms with E-state index in [4.69, 9.17) is 4.74 Å². The molecule has 0 amide bonds. The maximum Gasteiger partial charge on any atom is 0.150 e. The SMILES string of the molecule is O=S1(=O)CCCC2(CCOC2)C1. The van der Waals surface area contributed by atoms with Gasteiger partial charge in [-0.1, -0.05) is 0 Å². The quantitative estimate of drug-likeness (QED) is 0.562. The summed E-state index contributed by atoms with van der Waals surface area (Å²) in [5.41, 5.74) is -0.00289. The molecule has 4 heteroatoms. The first kappa shape index (κ1) is 8.51. The zero-order chi connectivity index (χ0) is 8.66. The molecule has 2 aliphatic rings. The Bertz CT molecular complexity index is 262. The van der Waals surface area contributed by atoms with E-state index in [9.17, 15) is 8.42 Å². The van der Waals surface area contributed by atoms with Crippen LogP contribution in [0.1, 0.15) is 19.3 Å². The Labute approximate surface area is 73.0 Å². The molecule has 0 N–H and O–H groups in total. The Hall–Kier alpha value is -0.0900. The van der Waals surface area contributed by atoms with Gasteiger partial charge in [0.15, 0.2) is 9.84 Å². The molecular formula is C8H14O3S. The van der Waals surface area contributed by atoms with Crippen molar-refractivity contribution in [3.05, 3.63) is 0 Å². The second-order valence-corrected chi connectivity index (χ2v) is 6.18. The van der Waals surface area contributed by atoms with E-state index in [0.717, 1.165) is 25.9 Å². The molecule has 0 aliphatic carbocycles. The monoisotopic (exact) mass is 190 g/mol. The molecule has 0 bridgehead atoms. The zero-order valence-electron chi connectivity index (χ0n) is 7.08. The van der Waals surface area contributed by atoms with Gasteiger partial charge in [0.25, 0.3) is 0 Å². The summed E-state index contributed by atoms with van der Waals surface area (Å²) in [6.07, 6.45) is 2.80. The van der Waals surface area contributed by atoms with E-state index in [1.165, 1.54) is 0 Å². The van der Waals surface area contributed by atoms with Crippen molar-refractivity contribution >= 4 is 9.84 Å². The highest BCUT2D eigenvalue weighted by molar-refractivity contribution is 7.91. The van der Waals surface area contributed by atoms with Gasteiger partial charge in [-0.15, -0.1) is 0 Å². The van der Waals surface area contributed by atoms with Crippen LogP contribution in [-0.4, -0.2) is 33.1 Å². The minimum atomic E-state index is -2.75. The minimum absolute atomic E-state index is 0.00289. The second kappa shape index (κ2) is 2.70. The number of ether oxygens (including phenoxy) is 1. The molecule has 70 valence electrons. The lowest BCUT2D eigenvalue weighted by molar-refractivity contribution is 0.154. The summed E-state index contributed by atoms with van der Waals surface area (Å²) < 4.78 is 28.0. The van der Waals surface area contributed by atoms with Crippen molar-refractivity contribution < 1.29 is 13.2 Å². The van der Waals surface area contributed by atoms with Gasteiger partial charge in [0.2, 0.25) is 0 Å². The Morgan fingerprint density at radius 1 is 1.25 bits per heavy atom. The van der Waals surface area contributed by atoms with Crippen LogP contribution in [0.4, 0.5) is 0 Å². The average Bonchev–Trinajstić information content (AvgIpc) is 2.34. The van der Waals surface area contributed by atoms with Crippen molar-refractivity contribution in [3.63, 3.8) is 0 Å². The van der Waals surface area contributed by atoms with E-state index in [1.807, 2.05) is 0 Å². The molecule has 0 radical (unpaired) electrons. The zero-order valence-corrected chi connectivity index (χ0v) is 7.90. The molecule has 0 aromatic rings. The summed E-state index contributed by atoms with van der Waals surface area (Å²) in [5, 5.41) is 0. The Morgan fingerprint density at radius 2 is 2.08 bits per heavy atom. The van der Waals surface area contributed by atoms with Crippen molar-refractivity contribution in [2.75, 3.05) is 24.7 Å². The molecule has 12 heavy (non-hydrogen) atoms. The first-order valence-corrected chi connectivity index (χ1v) is 6.22. The molecule has 1 spiro atoms. The van der Waals surface area contributed by atoms with Crippen LogP contribution in [0.3, 0.4) is 0 Å². The standard InChI is InChI=1S/C8H14O3S/c9-12(10)5-1-2-8(7-12)3-4-11-6-8/h1-7H2. The van der Waals surface area contributed by atoms with Crippen LogP contribution in [-0.2, 0) is 14.6 Å². The number of rotatable bonds is 0. The molecule has 0 aromatic carbocycles. The van der Waals surface area contributed by atoms with Crippen molar-refractivity contribution in [1.29, 1.82) is 0 Å². The van der Waals surface area contributed by atoms with E-state index in [1.54, 1.807) is 0 Å². The molecular weight excluding hydrogens is 176 g/mol. The molecule has 2 rings (SSSR count). The first-order chi connectivity index (χ1) is 5.62. The lowest BCUT2D eigenvalue weighted by atomic mass is 9.84. The average molecular weight is 190 g/mol. The lowest BCUT2D eigenvalue weighted by Gasteiger charge is -2.30. The topological polar surface area (TPSA) is 43.4 Å². The normalized spacial score (nSPS) is 40.3. The summed E-state index contributed by atoms with van der Waals surface area (Å²) in [5.74, 6) is 0.745. The fourth-order valence-electron chi connectivity index (χ4n) is 2.24. The van der Waals surface area contributed by atoms with E-state index >= 15 is 0 Å². The summed E-state index contributed by atoms with van der Waals surface area (Å²) in [7, 11) is -2.75. The van der Waals surface area contributed by atoms with E-state index in [-0.39, 0.29) is 5.41 Å². The third-order valence-corrected chi connectivity index (χ3v) is 4.84. The minimum Gasteiger partial charge on any atom is -0.381 e. The van der Waals surface area contributed by atoms with Gasteiger partial charge in [-0.3, -0.25) is 0 Å². The van der Waals surface area contributed by atoms with Gasteiger partial charge in [0.05, 0.1) is 18.1 Å². The summed E-state index contributed by atoms with van der Waals surface area (Å²) in [6, 6.07) is 0. The van der Waals surface area contributed by atoms with Crippen LogP contribution in [0.2, 0.25) is 0 Å². The Kier molecular flexibility index (Phi) is 1.92. The first-order valence-electron chi connectivity index (χ1n) is 4.40. The maximum absolute atomic E-state index is 11.4. The van der Waals surface area contributed by atoms with Gasteiger partial charge < -0.3 is 4.74 Å². The van der Waals surface area contributed by atoms with E-state index < -0.39 is 9.84 Å². The molecule has 2 heterocycles. The highest BCUT2D eigenvalue weighted by Crippen LogP contribution is 2.38. The van der Waals surface area contributed by atoms with Crippen LogP contribution >= 0.6 is 0 Å². The van der Waals surface area contributed by atoms with Gasteiger partial charge >= 0.3 is 0 Å². The Balaban J connectivity index is 2.17. The van der Waals surface area contributed by atoms with Gasteiger partial charge in [-0.05, 0) is 19.3 Å². The van der Waals surface area contributed by atoms with Crippen molar-refractivity contribution in [1.82, 2.24) is 0 Å². The molecule has 2 fully saturated rings. The molecule has 1 atom stereocenters. The number of sulfone groups is 1. The van der Waals surface area contributed by atoms with Crippen LogP contribution < -0.4 is 0 Å².